The Morgan fingerprint density at radius 3 is 1.30 bits per heavy atom. The van der Waals surface area contributed by atoms with Crippen molar-refractivity contribution in [3.63, 3.8) is 0 Å². The Bertz CT molecular complexity index is 3490. The van der Waals surface area contributed by atoms with Gasteiger partial charge in [-0.05, 0) is 100 Å². The van der Waals surface area contributed by atoms with Crippen LogP contribution in [0.1, 0.15) is 22.3 Å². The molecule has 61 heavy (non-hydrogen) atoms. The fourth-order valence-corrected chi connectivity index (χ4v) is 10.7. The maximum absolute atomic E-state index is 5.12. The molecule has 13 rings (SSSR count). The van der Waals surface area contributed by atoms with Crippen LogP contribution in [0.25, 0.3) is 99.9 Å². The third-order valence-electron chi connectivity index (χ3n) is 13.1. The molecular weight excluding hydrogens is 739 g/mol. The minimum absolute atomic E-state index is 0.534. The van der Waals surface area contributed by atoms with Gasteiger partial charge in [-0.25, -0.2) is 15.0 Å². The molecule has 11 aromatic rings. The van der Waals surface area contributed by atoms with Crippen LogP contribution in [0.2, 0.25) is 0 Å². The topological polar surface area (TPSA) is 38.7 Å². The van der Waals surface area contributed by atoms with E-state index in [-0.39, 0.29) is 0 Å². The van der Waals surface area contributed by atoms with E-state index in [9.17, 15) is 0 Å². The Morgan fingerprint density at radius 2 is 0.689 bits per heavy atom. The zero-order valence-corrected chi connectivity index (χ0v) is 33.0. The van der Waals surface area contributed by atoms with Crippen LogP contribution in [-0.2, 0) is 5.41 Å². The highest BCUT2D eigenvalue weighted by molar-refractivity contribution is 6.22. The second-order valence-corrected chi connectivity index (χ2v) is 16.2. The van der Waals surface area contributed by atoms with E-state index in [1.165, 1.54) is 82.4 Å². The van der Waals surface area contributed by atoms with Crippen molar-refractivity contribution in [3.05, 3.63) is 235 Å². The first-order chi connectivity index (χ1) is 30.3. The summed E-state index contributed by atoms with van der Waals surface area (Å²) in [6.45, 7) is 0. The number of hydrogen-bond donors (Lipinski definition) is 0. The van der Waals surface area contributed by atoms with E-state index in [0.29, 0.717) is 17.5 Å². The molecule has 1 spiro atoms. The lowest BCUT2D eigenvalue weighted by molar-refractivity contribution is 0.809. The highest BCUT2D eigenvalue weighted by Gasteiger charge is 2.54. The Labute approximate surface area is 353 Å². The largest absolute Gasteiger partial charge is 0.208 e. The van der Waals surface area contributed by atoms with Crippen molar-refractivity contribution in [3.8, 4) is 67.5 Å². The van der Waals surface area contributed by atoms with E-state index in [0.717, 1.165) is 22.3 Å². The maximum atomic E-state index is 5.12. The molecule has 0 amide bonds. The number of nitrogens with zero attached hydrogens (tertiary/aromatic N) is 3. The summed E-state index contributed by atoms with van der Waals surface area (Å²) in [7, 11) is 0. The first-order valence-electron chi connectivity index (χ1n) is 20.9. The molecule has 2 aliphatic rings. The molecule has 0 fully saturated rings. The smallest absolute Gasteiger partial charge is 0.164 e. The van der Waals surface area contributed by atoms with Crippen LogP contribution in [0.3, 0.4) is 0 Å². The van der Waals surface area contributed by atoms with Crippen molar-refractivity contribution >= 4 is 32.3 Å². The van der Waals surface area contributed by atoms with Crippen LogP contribution >= 0.6 is 0 Å². The van der Waals surface area contributed by atoms with E-state index in [1.807, 2.05) is 36.4 Å². The summed E-state index contributed by atoms with van der Waals surface area (Å²) in [6, 6.07) is 77.0. The van der Waals surface area contributed by atoms with Crippen molar-refractivity contribution in [2.75, 3.05) is 0 Å². The zero-order chi connectivity index (χ0) is 40.1. The van der Waals surface area contributed by atoms with Gasteiger partial charge in [-0.3, -0.25) is 0 Å². The molecule has 0 unspecified atom stereocenters. The van der Waals surface area contributed by atoms with Crippen molar-refractivity contribution in [2.45, 2.75) is 5.41 Å². The fourth-order valence-electron chi connectivity index (χ4n) is 10.7. The third-order valence-corrected chi connectivity index (χ3v) is 13.1. The van der Waals surface area contributed by atoms with Gasteiger partial charge >= 0.3 is 0 Å². The minimum atomic E-state index is -0.534. The van der Waals surface area contributed by atoms with Crippen molar-refractivity contribution < 1.29 is 0 Å². The highest BCUT2D eigenvalue weighted by Crippen LogP contribution is 2.67. The van der Waals surface area contributed by atoms with Gasteiger partial charge in [0.05, 0.1) is 5.41 Å². The highest BCUT2D eigenvalue weighted by atomic mass is 15.0. The van der Waals surface area contributed by atoms with Crippen molar-refractivity contribution in [1.29, 1.82) is 0 Å². The molecular formula is C58H35N3. The fraction of sp³-hybridized carbons (Fsp3) is 0.0172. The first kappa shape index (κ1) is 33.9. The lowest BCUT2D eigenvalue weighted by Gasteiger charge is -2.33. The Morgan fingerprint density at radius 1 is 0.262 bits per heavy atom. The number of benzene rings is 10. The Balaban J connectivity index is 1.12. The van der Waals surface area contributed by atoms with E-state index in [2.05, 4.69) is 176 Å². The molecule has 0 N–H and O–H groups in total. The molecule has 0 aliphatic heterocycles. The average Bonchev–Trinajstić information content (AvgIpc) is 3.82. The van der Waals surface area contributed by atoms with E-state index in [1.54, 1.807) is 0 Å². The summed E-state index contributed by atoms with van der Waals surface area (Å²) in [5.41, 5.74) is 15.2. The zero-order valence-electron chi connectivity index (χ0n) is 33.0. The Kier molecular flexibility index (Phi) is 7.22. The lowest BCUT2D eigenvalue weighted by Crippen LogP contribution is -2.26. The predicted octanol–water partition coefficient (Wildman–Crippen LogP) is 14.3. The van der Waals surface area contributed by atoms with Gasteiger partial charge in [-0.2, -0.15) is 0 Å². The summed E-state index contributed by atoms with van der Waals surface area (Å²) in [5.74, 6) is 1.94. The molecule has 3 nitrogen and oxygen atoms in total. The van der Waals surface area contributed by atoms with Gasteiger partial charge in [-0.15, -0.1) is 0 Å². The molecule has 10 aromatic carbocycles. The summed E-state index contributed by atoms with van der Waals surface area (Å²) in [6.07, 6.45) is 0. The van der Waals surface area contributed by atoms with Crippen LogP contribution in [-0.4, -0.2) is 15.0 Å². The van der Waals surface area contributed by atoms with Crippen LogP contribution in [0.4, 0.5) is 0 Å². The predicted molar refractivity (Wildman–Crippen MR) is 250 cm³/mol. The van der Waals surface area contributed by atoms with Gasteiger partial charge in [0.1, 0.15) is 0 Å². The number of rotatable bonds is 4. The Hall–Kier alpha value is -8.01. The lowest BCUT2D eigenvalue weighted by atomic mass is 9.68. The van der Waals surface area contributed by atoms with Crippen molar-refractivity contribution in [2.24, 2.45) is 0 Å². The molecule has 0 radical (unpaired) electrons. The number of aromatic nitrogens is 3. The summed E-state index contributed by atoms with van der Waals surface area (Å²) in [4.78, 5) is 15.2. The van der Waals surface area contributed by atoms with Gasteiger partial charge in [-0.1, -0.05) is 200 Å². The molecule has 0 bridgehead atoms. The van der Waals surface area contributed by atoms with Crippen LogP contribution in [0, 0.1) is 0 Å². The van der Waals surface area contributed by atoms with E-state index in [4.69, 9.17) is 15.0 Å². The van der Waals surface area contributed by atoms with Crippen molar-refractivity contribution in [1.82, 2.24) is 15.0 Å². The normalized spacial score (nSPS) is 13.0. The quantitative estimate of drug-likeness (QED) is 0.167. The van der Waals surface area contributed by atoms with E-state index >= 15 is 0 Å². The van der Waals surface area contributed by atoms with Gasteiger partial charge in [0.25, 0.3) is 0 Å². The molecule has 0 saturated carbocycles. The summed E-state index contributed by atoms with van der Waals surface area (Å²) < 4.78 is 0. The number of fused-ring (bicyclic) bond motifs is 17. The average molecular weight is 774 g/mol. The second-order valence-electron chi connectivity index (χ2n) is 16.2. The van der Waals surface area contributed by atoms with Crippen LogP contribution < -0.4 is 0 Å². The minimum Gasteiger partial charge on any atom is -0.208 e. The monoisotopic (exact) mass is 773 g/mol. The van der Waals surface area contributed by atoms with Gasteiger partial charge in [0.2, 0.25) is 0 Å². The van der Waals surface area contributed by atoms with Crippen LogP contribution in [0.5, 0.6) is 0 Å². The first-order valence-corrected chi connectivity index (χ1v) is 20.9. The van der Waals surface area contributed by atoms with Crippen LogP contribution in [0.15, 0.2) is 212 Å². The molecule has 0 saturated heterocycles. The molecule has 1 heterocycles. The molecule has 3 heteroatoms. The molecule has 2 aliphatic carbocycles. The molecule has 1 aromatic heterocycles. The van der Waals surface area contributed by atoms with Gasteiger partial charge < -0.3 is 0 Å². The van der Waals surface area contributed by atoms with E-state index < -0.39 is 5.41 Å². The maximum Gasteiger partial charge on any atom is 0.164 e. The molecule has 282 valence electrons. The molecule has 0 atom stereocenters. The second kappa shape index (κ2) is 13.0. The SMILES string of the molecule is c1ccc(-c2nc(-c3ccccc3)nc(-c3cccc(-c4cc5c(c6ccccc46)C4(c6ccccc6-c6ccccc64)c4c-5c5ccccc5c5ccccc45)c3)n2)cc1. The summed E-state index contributed by atoms with van der Waals surface area (Å²) in [5, 5.41) is 7.60. The van der Waals surface area contributed by atoms with Gasteiger partial charge in [0, 0.05) is 16.7 Å². The third kappa shape index (κ3) is 4.77. The van der Waals surface area contributed by atoms with Gasteiger partial charge in [0.15, 0.2) is 17.5 Å². The number of hydrogen-bond acceptors (Lipinski definition) is 3. The summed E-state index contributed by atoms with van der Waals surface area (Å²) >= 11 is 0. The standard InChI is InChI=1S/C58H35N3/c1-3-18-36(19-4-1)55-59-56(37-20-5-2-6-21-37)61-57(60-55)39-23-17-22-38(34-39)48-35-49-52-45-29-10-7-24-40(45)41-25-8-12-31-47(41)54(52)58(53(49)46-30-11-9-26-42(46)48)50-32-15-13-27-43(50)44-28-14-16-33-51(44)58/h1-35H.